The third-order valence-electron chi connectivity index (χ3n) is 2.74. The number of fused-ring (bicyclic) bond motifs is 1. The van der Waals surface area contributed by atoms with Crippen LogP contribution in [-0.4, -0.2) is 9.55 Å². The van der Waals surface area contributed by atoms with Crippen LogP contribution in [-0.2, 0) is 0 Å². The predicted octanol–water partition coefficient (Wildman–Crippen LogP) is 3.35. The lowest BCUT2D eigenvalue weighted by molar-refractivity contribution is 0.626. The summed E-state index contributed by atoms with van der Waals surface area (Å²) in [7, 11) is 0. The summed E-state index contributed by atoms with van der Waals surface area (Å²) < 4.78 is 15.8. The van der Waals surface area contributed by atoms with Crippen molar-refractivity contribution in [3.8, 4) is 5.69 Å². The number of nitrogens with two attached hydrogens (primary N) is 1. The van der Waals surface area contributed by atoms with Gasteiger partial charge in [0.05, 0.1) is 16.7 Å². The van der Waals surface area contributed by atoms with Gasteiger partial charge in [-0.25, -0.2) is 9.37 Å². The van der Waals surface area contributed by atoms with E-state index in [1.807, 2.05) is 28.8 Å². The number of aromatic nitrogens is 2. The molecule has 5 heteroatoms. The zero-order valence-corrected chi connectivity index (χ0v) is 11.4. The number of hydrogen-bond donors (Lipinski definition) is 1. The van der Waals surface area contributed by atoms with Crippen molar-refractivity contribution in [2.75, 3.05) is 5.73 Å². The maximum atomic E-state index is 13.1. The van der Waals surface area contributed by atoms with E-state index >= 15 is 0 Å². The molecule has 1 heterocycles. The SMILES string of the molecule is Nc1nc2ccccc2n1-c1ccc(F)cc1I. The smallest absolute Gasteiger partial charge is 0.205 e. The third kappa shape index (κ3) is 1.74. The van der Waals surface area contributed by atoms with Crippen LogP contribution in [0.25, 0.3) is 16.7 Å². The maximum Gasteiger partial charge on any atom is 0.205 e. The Hall–Kier alpha value is -1.63. The Morgan fingerprint density at radius 1 is 1.17 bits per heavy atom. The van der Waals surface area contributed by atoms with Crippen molar-refractivity contribution in [3.05, 3.63) is 51.9 Å². The van der Waals surface area contributed by atoms with Gasteiger partial charge in [0.15, 0.2) is 0 Å². The van der Waals surface area contributed by atoms with Crippen molar-refractivity contribution in [2.24, 2.45) is 0 Å². The van der Waals surface area contributed by atoms with E-state index in [0.717, 1.165) is 20.3 Å². The second-order valence-electron chi connectivity index (χ2n) is 3.89. The van der Waals surface area contributed by atoms with Crippen LogP contribution in [0, 0.1) is 9.39 Å². The van der Waals surface area contributed by atoms with Gasteiger partial charge in [-0.05, 0) is 52.9 Å². The number of para-hydroxylation sites is 2. The molecule has 0 aliphatic carbocycles. The Bertz CT molecular complexity index is 736. The lowest BCUT2D eigenvalue weighted by Gasteiger charge is -2.08. The lowest BCUT2D eigenvalue weighted by atomic mass is 10.3. The molecule has 0 saturated heterocycles. The highest BCUT2D eigenvalue weighted by Gasteiger charge is 2.12. The first-order chi connectivity index (χ1) is 8.66. The number of halogens is 2. The molecule has 0 amide bonds. The van der Waals surface area contributed by atoms with E-state index in [1.54, 1.807) is 6.07 Å². The van der Waals surface area contributed by atoms with Gasteiger partial charge in [0.1, 0.15) is 5.82 Å². The number of nitrogen functional groups attached to an aromatic ring is 1. The molecule has 0 atom stereocenters. The third-order valence-corrected chi connectivity index (χ3v) is 3.60. The van der Waals surface area contributed by atoms with Crippen LogP contribution >= 0.6 is 22.6 Å². The molecule has 0 fully saturated rings. The molecular formula is C13H9FIN3. The highest BCUT2D eigenvalue weighted by Crippen LogP contribution is 2.26. The van der Waals surface area contributed by atoms with Crippen LogP contribution in [0.4, 0.5) is 10.3 Å². The number of hydrogen-bond acceptors (Lipinski definition) is 2. The van der Waals surface area contributed by atoms with E-state index in [9.17, 15) is 4.39 Å². The largest absolute Gasteiger partial charge is 0.369 e. The maximum absolute atomic E-state index is 13.1. The number of benzene rings is 2. The second-order valence-corrected chi connectivity index (χ2v) is 5.05. The predicted molar refractivity (Wildman–Crippen MR) is 78.2 cm³/mol. The summed E-state index contributed by atoms with van der Waals surface area (Å²) in [4.78, 5) is 4.30. The lowest BCUT2D eigenvalue weighted by Crippen LogP contribution is -2.02. The molecule has 0 unspecified atom stereocenters. The van der Waals surface area contributed by atoms with Crippen LogP contribution < -0.4 is 5.73 Å². The molecule has 0 saturated carbocycles. The molecular weight excluding hydrogens is 344 g/mol. The Morgan fingerprint density at radius 3 is 2.72 bits per heavy atom. The van der Waals surface area contributed by atoms with Crippen molar-refractivity contribution in [1.29, 1.82) is 0 Å². The minimum atomic E-state index is -0.258. The second kappa shape index (κ2) is 4.24. The van der Waals surface area contributed by atoms with Crippen molar-refractivity contribution < 1.29 is 4.39 Å². The van der Waals surface area contributed by atoms with Gasteiger partial charge in [-0.3, -0.25) is 4.57 Å². The van der Waals surface area contributed by atoms with Gasteiger partial charge in [0.2, 0.25) is 5.95 Å². The fraction of sp³-hybridized carbons (Fsp3) is 0. The monoisotopic (exact) mass is 353 g/mol. The fourth-order valence-corrected chi connectivity index (χ4v) is 2.68. The summed E-state index contributed by atoms with van der Waals surface area (Å²) in [5.74, 6) is 0.145. The molecule has 0 aliphatic heterocycles. The van der Waals surface area contributed by atoms with Crippen LogP contribution in [0.2, 0.25) is 0 Å². The van der Waals surface area contributed by atoms with Crippen molar-refractivity contribution >= 4 is 39.6 Å². The zero-order valence-electron chi connectivity index (χ0n) is 9.27. The average Bonchev–Trinajstić information content (AvgIpc) is 2.66. The molecule has 3 aromatic rings. The molecule has 3 nitrogen and oxygen atoms in total. The molecule has 0 aliphatic rings. The molecule has 0 radical (unpaired) electrons. The molecule has 1 aromatic heterocycles. The van der Waals surface area contributed by atoms with Gasteiger partial charge in [-0.2, -0.15) is 0 Å². The number of anilines is 1. The number of imidazole rings is 1. The molecule has 2 aromatic carbocycles. The number of rotatable bonds is 1. The van der Waals surface area contributed by atoms with Gasteiger partial charge >= 0.3 is 0 Å². The molecule has 18 heavy (non-hydrogen) atoms. The average molecular weight is 353 g/mol. The van der Waals surface area contributed by atoms with Crippen molar-refractivity contribution in [2.45, 2.75) is 0 Å². The van der Waals surface area contributed by atoms with Crippen molar-refractivity contribution in [3.63, 3.8) is 0 Å². The Balaban J connectivity index is 2.34. The van der Waals surface area contributed by atoms with Gasteiger partial charge in [-0.15, -0.1) is 0 Å². The van der Waals surface area contributed by atoms with Gasteiger partial charge < -0.3 is 5.73 Å². The summed E-state index contributed by atoms with van der Waals surface area (Å²) >= 11 is 2.09. The van der Waals surface area contributed by atoms with Crippen LogP contribution in [0.1, 0.15) is 0 Å². The fourth-order valence-electron chi connectivity index (χ4n) is 1.96. The van der Waals surface area contributed by atoms with E-state index in [0.29, 0.717) is 5.95 Å². The van der Waals surface area contributed by atoms with Gasteiger partial charge in [-0.1, -0.05) is 12.1 Å². The van der Waals surface area contributed by atoms with E-state index in [4.69, 9.17) is 5.73 Å². The van der Waals surface area contributed by atoms with E-state index in [1.165, 1.54) is 12.1 Å². The topological polar surface area (TPSA) is 43.8 Å². The summed E-state index contributed by atoms with van der Waals surface area (Å²) in [5, 5.41) is 0. The van der Waals surface area contributed by atoms with Crippen LogP contribution in [0.15, 0.2) is 42.5 Å². The first-order valence-corrected chi connectivity index (χ1v) is 6.43. The molecule has 90 valence electrons. The zero-order chi connectivity index (χ0) is 12.7. The summed E-state index contributed by atoms with van der Waals surface area (Å²) in [6, 6.07) is 12.3. The van der Waals surface area contributed by atoms with Crippen LogP contribution in [0.5, 0.6) is 0 Å². The van der Waals surface area contributed by atoms with E-state index in [2.05, 4.69) is 27.6 Å². The highest BCUT2D eigenvalue weighted by atomic mass is 127. The van der Waals surface area contributed by atoms with Gasteiger partial charge in [0, 0.05) is 3.57 Å². The first-order valence-electron chi connectivity index (χ1n) is 5.35. The Kier molecular flexibility index (Phi) is 2.70. The van der Waals surface area contributed by atoms with Crippen molar-refractivity contribution in [1.82, 2.24) is 9.55 Å². The molecule has 0 bridgehead atoms. The quantitative estimate of drug-likeness (QED) is 0.682. The summed E-state index contributed by atoms with van der Waals surface area (Å²) in [5.41, 5.74) is 8.53. The van der Waals surface area contributed by atoms with Gasteiger partial charge in [0.25, 0.3) is 0 Å². The standard InChI is InChI=1S/C13H9FIN3/c14-8-5-6-11(9(15)7-8)18-12-4-2-1-3-10(12)17-13(18)16/h1-7H,(H2,16,17). The summed E-state index contributed by atoms with van der Waals surface area (Å²) in [6.45, 7) is 0. The van der Waals surface area contributed by atoms with Crippen LogP contribution in [0.3, 0.4) is 0 Å². The Labute approximate surface area is 117 Å². The Morgan fingerprint density at radius 2 is 1.94 bits per heavy atom. The molecule has 3 rings (SSSR count). The normalized spacial score (nSPS) is 11.0. The number of nitrogens with zero attached hydrogens (tertiary/aromatic N) is 2. The van der Waals surface area contributed by atoms with E-state index in [-0.39, 0.29) is 5.82 Å². The minimum absolute atomic E-state index is 0.258. The first kappa shape index (κ1) is 11.5. The minimum Gasteiger partial charge on any atom is -0.369 e. The molecule has 0 spiro atoms. The summed E-state index contributed by atoms with van der Waals surface area (Å²) in [6.07, 6.45) is 0. The highest BCUT2D eigenvalue weighted by molar-refractivity contribution is 14.1. The molecule has 2 N–H and O–H groups in total. The van der Waals surface area contributed by atoms with E-state index < -0.39 is 0 Å².